The Hall–Kier alpha value is -1.53. The van der Waals surface area contributed by atoms with Gasteiger partial charge in [-0.1, -0.05) is 30.3 Å². The smallest absolute Gasteiger partial charge is 0.166 e. The summed E-state index contributed by atoms with van der Waals surface area (Å²) in [6.45, 7) is 6.60. The third-order valence-corrected chi connectivity index (χ3v) is 4.93. The Labute approximate surface area is 154 Å². The minimum absolute atomic E-state index is 0.709. The number of thiocarbonyl (C=S) groups is 1. The second-order valence-electron chi connectivity index (χ2n) is 5.75. The maximum atomic E-state index is 5.34. The fourth-order valence-electron chi connectivity index (χ4n) is 2.55. The van der Waals surface area contributed by atoms with E-state index in [1.807, 2.05) is 17.8 Å². The average Bonchev–Trinajstić information content (AvgIpc) is 2.84. The Balaban J connectivity index is 1.90. The minimum Gasteiger partial charge on any atom is -0.363 e. The van der Waals surface area contributed by atoms with Gasteiger partial charge in [0.1, 0.15) is 0 Å². The minimum atomic E-state index is 0.709. The molecule has 0 radical (unpaired) electrons. The van der Waals surface area contributed by atoms with E-state index in [0.29, 0.717) is 11.7 Å². The first-order valence-electron chi connectivity index (χ1n) is 8.19. The normalized spacial score (nSPS) is 10.6. The summed E-state index contributed by atoms with van der Waals surface area (Å²) in [4.78, 5) is 0. The number of hydrogen-bond acceptors (Lipinski definition) is 3. The molecular formula is C18H26N4S2. The molecule has 130 valence electrons. The first-order valence-corrected chi connectivity index (χ1v) is 9.99. The van der Waals surface area contributed by atoms with E-state index in [0.717, 1.165) is 31.0 Å². The molecule has 0 aliphatic carbocycles. The number of thioether (sulfide) groups is 1. The molecule has 24 heavy (non-hydrogen) atoms. The number of nitrogens with zero attached hydrogens (tertiary/aromatic N) is 2. The third kappa shape index (κ3) is 5.53. The van der Waals surface area contributed by atoms with Crippen LogP contribution in [0.25, 0.3) is 0 Å². The molecule has 0 saturated heterocycles. The van der Waals surface area contributed by atoms with Crippen LogP contribution in [-0.2, 0) is 13.1 Å². The molecule has 6 heteroatoms. The predicted octanol–water partition coefficient (Wildman–Crippen LogP) is 3.27. The van der Waals surface area contributed by atoms with Crippen LogP contribution in [0.1, 0.15) is 28.9 Å². The number of benzene rings is 1. The maximum absolute atomic E-state index is 5.34. The first kappa shape index (κ1) is 18.8. The van der Waals surface area contributed by atoms with Gasteiger partial charge in [-0.3, -0.25) is 4.68 Å². The summed E-state index contributed by atoms with van der Waals surface area (Å²) in [5.74, 6) is 1.15. The quantitative estimate of drug-likeness (QED) is 0.557. The molecule has 0 amide bonds. The zero-order valence-corrected chi connectivity index (χ0v) is 16.3. The highest BCUT2D eigenvalue weighted by molar-refractivity contribution is 7.98. The van der Waals surface area contributed by atoms with E-state index in [1.54, 1.807) is 0 Å². The van der Waals surface area contributed by atoms with Gasteiger partial charge in [0.25, 0.3) is 0 Å². The molecule has 4 nitrogen and oxygen atoms in total. The van der Waals surface area contributed by atoms with Gasteiger partial charge < -0.3 is 10.6 Å². The fourth-order valence-corrected chi connectivity index (χ4v) is 3.16. The molecule has 1 aromatic carbocycles. The van der Waals surface area contributed by atoms with Crippen molar-refractivity contribution < 1.29 is 0 Å². The van der Waals surface area contributed by atoms with E-state index in [2.05, 4.69) is 64.8 Å². The standard InChI is InChI=1S/C18H26N4S2/c1-14-17(12-20-18(23)19-10-7-11-24-3)15(2)22(21-14)13-16-8-5-4-6-9-16/h4-6,8-9H,7,10-13H2,1-3H3,(H2,19,20,23). The number of aryl methyl sites for hydroxylation is 1. The SMILES string of the molecule is CSCCCNC(=S)NCc1c(C)nn(Cc2ccccc2)c1C. The molecule has 0 saturated carbocycles. The van der Waals surface area contributed by atoms with Crippen molar-refractivity contribution in [3.05, 3.63) is 52.8 Å². The van der Waals surface area contributed by atoms with Gasteiger partial charge >= 0.3 is 0 Å². The topological polar surface area (TPSA) is 41.9 Å². The van der Waals surface area contributed by atoms with Crippen LogP contribution in [0.3, 0.4) is 0 Å². The van der Waals surface area contributed by atoms with E-state index in [-0.39, 0.29) is 0 Å². The van der Waals surface area contributed by atoms with Crippen LogP contribution < -0.4 is 10.6 Å². The largest absolute Gasteiger partial charge is 0.363 e. The van der Waals surface area contributed by atoms with Gasteiger partial charge in [-0.25, -0.2) is 0 Å². The van der Waals surface area contributed by atoms with Crippen LogP contribution in [0.5, 0.6) is 0 Å². The van der Waals surface area contributed by atoms with E-state index in [1.165, 1.54) is 16.8 Å². The molecule has 2 rings (SSSR count). The van der Waals surface area contributed by atoms with Gasteiger partial charge in [-0.05, 0) is 50.1 Å². The lowest BCUT2D eigenvalue weighted by molar-refractivity contribution is 0.657. The summed E-state index contributed by atoms with van der Waals surface area (Å²) < 4.78 is 2.07. The van der Waals surface area contributed by atoms with Crippen LogP contribution in [0, 0.1) is 13.8 Å². The van der Waals surface area contributed by atoms with Crippen molar-refractivity contribution in [3.8, 4) is 0 Å². The summed E-state index contributed by atoms with van der Waals surface area (Å²) in [6.07, 6.45) is 3.24. The summed E-state index contributed by atoms with van der Waals surface area (Å²) in [7, 11) is 0. The molecule has 0 unspecified atom stereocenters. The van der Waals surface area contributed by atoms with E-state index in [4.69, 9.17) is 12.2 Å². The molecule has 0 fully saturated rings. The second kappa shape index (κ2) is 9.69. The van der Waals surface area contributed by atoms with Crippen molar-refractivity contribution in [3.63, 3.8) is 0 Å². The predicted molar refractivity (Wildman–Crippen MR) is 108 cm³/mol. The number of aromatic nitrogens is 2. The Morgan fingerprint density at radius 3 is 2.67 bits per heavy atom. The molecule has 2 aromatic rings. The highest BCUT2D eigenvalue weighted by Crippen LogP contribution is 2.14. The van der Waals surface area contributed by atoms with Crippen molar-refractivity contribution in [1.29, 1.82) is 0 Å². The fraction of sp³-hybridized carbons (Fsp3) is 0.444. The van der Waals surface area contributed by atoms with Crippen molar-refractivity contribution in [2.75, 3.05) is 18.6 Å². The molecule has 1 aromatic heterocycles. The molecule has 0 spiro atoms. The summed E-state index contributed by atoms with van der Waals surface area (Å²) >= 11 is 7.20. The van der Waals surface area contributed by atoms with Crippen LogP contribution in [0.15, 0.2) is 30.3 Å². The first-order chi connectivity index (χ1) is 11.6. The van der Waals surface area contributed by atoms with Crippen LogP contribution in [0.2, 0.25) is 0 Å². The van der Waals surface area contributed by atoms with Gasteiger partial charge in [0.05, 0.1) is 12.2 Å². The van der Waals surface area contributed by atoms with Gasteiger partial charge in [-0.15, -0.1) is 0 Å². The molecule has 0 atom stereocenters. The van der Waals surface area contributed by atoms with E-state index < -0.39 is 0 Å². The lowest BCUT2D eigenvalue weighted by Crippen LogP contribution is -2.35. The molecule has 0 aliphatic rings. The molecule has 1 heterocycles. The van der Waals surface area contributed by atoms with Gasteiger partial charge in [0, 0.05) is 24.3 Å². The van der Waals surface area contributed by atoms with Crippen LogP contribution in [0.4, 0.5) is 0 Å². The Morgan fingerprint density at radius 2 is 1.96 bits per heavy atom. The Bertz CT molecular complexity index is 653. The average molecular weight is 363 g/mol. The van der Waals surface area contributed by atoms with Crippen molar-refractivity contribution in [2.45, 2.75) is 33.4 Å². The van der Waals surface area contributed by atoms with E-state index in [9.17, 15) is 0 Å². The highest BCUT2D eigenvalue weighted by atomic mass is 32.2. The van der Waals surface area contributed by atoms with E-state index >= 15 is 0 Å². The molecule has 0 aliphatic heterocycles. The lowest BCUT2D eigenvalue weighted by atomic mass is 10.2. The van der Waals surface area contributed by atoms with Crippen molar-refractivity contribution >= 4 is 29.1 Å². The number of hydrogen-bond donors (Lipinski definition) is 2. The number of rotatable bonds is 8. The van der Waals surface area contributed by atoms with Crippen LogP contribution in [-0.4, -0.2) is 33.4 Å². The van der Waals surface area contributed by atoms with Crippen molar-refractivity contribution in [2.24, 2.45) is 0 Å². The van der Waals surface area contributed by atoms with Crippen molar-refractivity contribution in [1.82, 2.24) is 20.4 Å². The Kier molecular flexibility index (Phi) is 7.59. The third-order valence-electron chi connectivity index (χ3n) is 3.94. The monoisotopic (exact) mass is 362 g/mol. The maximum Gasteiger partial charge on any atom is 0.166 e. The highest BCUT2D eigenvalue weighted by Gasteiger charge is 2.12. The van der Waals surface area contributed by atoms with Gasteiger partial charge in [0.15, 0.2) is 5.11 Å². The lowest BCUT2D eigenvalue weighted by Gasteiger charge is -2.11. The molecule has 0 bridgehead atoms. The van der Waals surface area contributed by atoms with Gasteiger partial charge in [-0.2, -0.15) is 16.9 Å². The van der Waals surface area contributed by atoms with Crippen LogP contribution >= 0.6 is 24.0 Å². The zero-order valence-electron chi connectivity index (χ0n) is 14.6. The summed E-state index contributed by atoms with van der Waals surface area (Å²) in [6, 6.07) is 10.4. The second-order valence-corrected chi connectivity index (χ2v) is 7.14. The zero-order chi connectivity index (χ0) is 17.4. The summed E-state index contributed by atoms with van der Waals surface area (Å²) in [5.41, 5.74) is 4.72. The molecule has 2 N–H and O–H groups in total. The van der Waals surface area contributed by atoms with Gasteiger partial charge in [0.2, 0.25) is 0 Å². The summed E-state index contributed by atoms with van der Waals surface area (Å²) in [5, 5.41) is 11.9. The number of nitrogens with one attached hydrogen (secondary N) is 2. The Morgan fingerprint density at radius 1 is 1.21 bits per heavy atom. The molecular weight excluding hydrogens is 336 g/mol.